The first-order valence-electron chi connectivity index (χ1n) is 7.10. The molecule has 0 amide bonds. The Morgan fingerprint density at radius 1 is 1.28 bits per heavy atom. The highest BCUT2D eigenvalue weighted by Gasteiger charge is 2.18. The molecule has 0 aliphatic heterocycles. The molecule has 18 heavy (non-hydrogen) atoms. The first-order valence-corrected chi connectivity index (χ1v) is 7.10. The van der Waals surface area contributed by atoms with Gasteiger partial charge in [-0.1, -0.05) is 46.1 Å². The minimum atomic E-state index is 0.284. The fraction of sp³-hybridized carbons (Fsp3) is 0.733. The minimum Gasteiger partial charge on any atom is -0.225 e. The van der Waals surface area contributed by atoms with Crippen molar-refractivity contribution in [1.29, 1.82) is 0 Å². The van der Waals surface area contributed by atoms with Gasteiger partial charge in [0.1, 0.15) is 12.7 Å². The zero-order valence-corrected chi connectivity index (χ0v) is 11.9. The molecular weight excluding hydrogens is 222 g/mol. The van der Waals surface area contributed by atoms with Crippen LogP contribution in [0.25, 0.3) is 5.70 Å². The van der Waals surface area contributed by atoms with E-state index in [4.69, 9.17) is 0 Å². The standard InChI is InChI=1S/C15H25N3/c1-15(2,3)10-14(18-12-16-11-17-18)9-13-7-5-4-6-8-13/h9,11-13H,4-8,10H2,1-3H3. The van der Waals surface area contributed by atoms with Crippen LogP contribution in [0.3, 0.4) is 0 Å². The van der Waals surface area contributed by atoms with Crippen molar-refractivity contribution < 1.29 is 0 Å². The average molecular weight is 247 g/mol. The summed E-state index contributed by atoms with van der Waals surface area (Å²) in [6, 6.07) is 0. The Bertz CT molecular complexity index is 378. The van der Waals surface area contributed by atoms with Crippen LogP contribution in [-0.2, 0) is 0 Å². The number of nitrogens with zero attached hydrogens (tertiary/aromatic N) is 3. The van der Waals surface area contributed by atoms with Crippen molar-refractivity contribution in [2.45, 2.75) is 59.3 Å². The molecule has 1 saturated carbocycles. The molecule has 0 unspecified atom stereocenters. The largest absolute Gasteiger partial charge is 0.225 e. The summed E-state index contributed by atoms with van der Waals surface area (Å²) in [4.78, 5) is 4.08. The summed E-state index contributed by atoms with van der Waals surface area (Å²) in [5.74, 6) is 0.736. The molecule has 0 aromatic carbocycles. The van der Waals surface area contributed by atoms with Crippen molar-refractivity contribution in [2.75, 3.05) is 0 Å². The van der Waals surface area contributed by atoms with Gasteiger partial charge in [-0.15, -0.1) is 0 Å². The third-order valence-electron chi connectivity index (χ3n) is 3.50. The predicted molar refractivity (Wildman–Crippen MR) is 74.9 cm³/mol. The van der Waals surface area contributed by atoms with E-state index < -0.39 is 0 Å². The number of aromatic nitrogens is 3. The molecule has 1 aliphatic carbocycles. The zero-order chi connectivity index (χ0) is 13.0. The van der Waals surface area contributed by atoms with Crippen molar-refractivity contribution >= 4 is 5.70 Å². The van der Waals surface area contributed by atoms with Gasteiger partial charge in [0, 0.05) is 5.70 Å². The summed E-state index contributed by atoms with van der Waals surface area (Å²) in [7, 11) is 0. The highest BCUT2D eigenvalue weighted by molar-refractivity contribution is 5.44. The Morgan fingerprint density at radius 3 is 2.56 bits per heavy atom. The lowest BCUT2D eigenvalue weighted by Gasteiger charge is -2.24. The monoisotopic (exact) mass is 247 g/mol. The van der Waals surface area contributed by atoms with Gasteiger partial charge in [0.05, 0.1) is 0 Å². The molecule has 3 heteroatoms. The van der Waals surface area contributed by atoms with Crippen molar-refractivity contribution in [3.8, 4) is 0 Å². The van der Waals surface area contributed by atoms with E-state index in [2.05, 4.69) is 36.9 Å². The van der Waals surface area contributed by atoms with Crippen LogP contribution in [0.1, 0.15) is 59.3 Å². The van der Waals surface area contributed by atoms with Gasteiger partial charge in [0.15, 0.2) is 0 Å². The molecule has 0 spiro atoms. The van der Waals surface area contributed by atoms with Crippen LogP contribution in [0, 0.1) is 11.3 Å². The summed E-state index contributed by atoms with van der Waals surface area (Å²) in [5.41, 5.74) is 1.60. The Morgan fingerprint density at radius 2 is 2.00 bits per heavy atom. The molecule has 0 radical (unpaired) electrons. The molecule has 0 N–H and O–H groups in total. The number of hydrogen-bond donors (Lipinski definition) is 0. The van der Waals surface area contributed by atoms with Crippen molar-refractivity contribution in [1.82, 2.24) is 14.8 Å². The lowest BCUT2D eigenvalue weighted by atomic mass is 9.85. The van der Waals surface area contributed by atoms with Gasteiger partial charge in [-0.2, -0.15) is 5.10 Å². The quantitative estimate of drug-likeness (QED) is 0.804. The number of allylic oxidation sites excluding steroid dienone is 2. The van der Waals surface area contributed by atoms with E-state index in [1.54, 1.807) is 6.33 Å². The maximum absolute atomic E-state index is 4.30. The highest BCUT2D eigenvalue weighted by Crippen LogP contribution is 2.31. The van der Waals surface area contributed by atoms with E-state index in [0.29, 0.717) is 0 Å². The van der Waals surface area contributed by atoms with E-state index in [1.807, 2.05) is 11.0 Å². The second-order valence-electron chi connectivity index (χ2n) is 6.63. The summed E-state index contributed by atoms with van der Waals surface area (Å²) < 4.78 is 1.94. The smallest absolute Gasteiger partial charge is 0.138 e. The fourth-order valence-electron chi connectivity index (χ4n) is 2.69. The molecular formula is C15H25N3. The molecule has 1 fully saturated rings. The first kappa shape index (κ1) is 13.3. The van der Waals surface area contributed by atoms with Gasteiger partial charge in [0.25, 0.3) is 0 Å². The second kappa shape index (κ2) is 5.68. The lowest BCUT2D eigenvalue weighted by Crippen LogP contribution is -2.12. The summed E-state index contributed by atoms with van der Waals surface area (Å²) in [6.45, 7) is 6.83. The van der Waals surface area contributed by atoms with Crippen LogP contribution >= 0.6 is 0 Å². The van der Waals surface area contributed by atoms with E-state index in [0.717, 1.165) is 12.3 Å². The first-order chi connectivity index (χ1) is 8.54. The molecule has 100 valence electrons. The van der Waals surface area contributed by atoms with Crippen LogP contribution < -0.4 is 0 Å². The molecule has 1 aliphatic rings. The van der Waals surface area contributed by atoms with Gasteiger partial charge in [0.2, 0.25) is 0 Å². The number of rotatable bonds is 3. The fourth-order valence-corrected chi connectivity index (χ4v) is 2.69. The van der Waals surface area contributed by atoms with E-state index in [9.17, 15) is 0 Å². The van der Waals surface area contributed by atoms with E-state index >= 15 is 0 Å². The van der Waals surface area contributed by atoms with Crippen molar-refractivity contribution in [2.24, 2.45) is 11.3 Å². The van der Waals surface area contributed by atoms with Crippen LogP contribution in [-0.4, -0.2) is 14.8 Å². The lowest BCUT2D eigenvalue weighted by molar-refractivity contribution is 0.403. The maximum Gasteiger partial charge on any atom is 0.138 e. The molecule has 3 nitrogen and oxygen atoms in total. The maximum atomic E-state index is 4.30. The molecule has 0 bridgehead atoms. The second-order valence-corrected chi connectivity index (χ2v) is 6.63. The van der Waals surface area contributed by atoms with Crippen LogP contribution in [0.2, 0.25) is 0 Å². The Balaban J connectivity index is 2.15. The third-order valence-corrected chi connectivity index (χ3v) is 3.50. The van der Waals surface area contributed by atoms with Crippen LogP contribution in [0.5, 0.6) is 0 Å². The van der Waals surface area contributed by atoms with Crippen LogP contribution in [0.15, 0.2) is 18.7 Å². The molecule has 0 saturated heterocycles. The topological polar surface area (TPSA) is 30.7 Å². The van der Waals surface area contributed by atoms with E-state index in [-0.39, 0.29) is 5.41 Å². The molecule has 0 atom stereocenters. The summed E-state index contributed by atoms with van der Waals surface area (Å²) in [5, 5.41) is 4.30. The Hall–Kier alpha value is -1.12. The van der Waals surface area contributed by atoms with Gasteiger partial charge < -0.3 is 0 Å². The predicted octanol–water partition coefficient (Wildman–Crippen LogP) is 4.14. The minimum absolute atomic E-state index is 0.284. The Kier molecular flexibility index (Phi) is 4.20. The van der Waals surface area contributed by atoms with Gasteiger partial charge in [-0.25, -0.2) is 9.67 Å². The van der Waals surface area contributed by atoms with Crippen molar-refractivity contribution in [3.05, 3.63) is 18.7 Å². The third kappa shape index (κ3) is 3.97. The van der Waals surface area contributed by atoms with Crippen molar-refractivity contribution in [3.63, 3.8) is 0 Å². The zero-order valence-electron chi connectivity index (χ0n) is 11.9. The van der Waals surface area contributed by atoms with Gasteiger partial charge >= 0.3 is 0 Å². The Labute approximate surface area is 110 Å². The van der Waals surface area contributed by atoms with E-state index in [1.165, 1.54) is 37.8 Å². The normalized spacial score (nSPS) is 19.2. The molecule has 2 rings (SSSR count). The molecule has 1 aromatic rings. The van der Waals surface area contributed by atoms with Crippen LogP contribution in [0.4, 0.5) is 0 Å². The SMILES string of the molecule is CC(C)(C)CC(=CC1CCCCC1)n1cncn1. The molecule has 1 aromatic heterocycles. The summed E-state index contributed by atoms with van der Waals surface area (Å²) in [6.07, 6.45) is 13.8. The molecule has 1 heterocycles. The highest BCUT2D eigenvalue weighted by atomic mass is 15.3. The average Bonchev–Trinajstić information content (AvgIpc) is 2.81. The number of hydrogen-bond acceptors (Lipinski definition) is 2. The van der Waals surface area contributed by atoms with Gasteiger partial charge in [-0.3, -0.25) is 0 Å². The summed E-state index contributed by atoms with van der Waals surface area (Å²) >= 11 is 0. The van der Waals surface area contributed by atoms with Gasteiger partial charge in [-0.05, 0) is 30.6 Å².